The summed E-state index contributed by atoms with van der Waals surface area (Å²) in [6.07, 6.45) is -1.88. The molecule has 2 aromatic rings. The van der Waals surface area contributed by atoms with E-state index in [2.05, 4.69) is 0 Å². The van der Waals surface area contributed by atoms with E-state index in [4.69, 9.17) is 29.8 Å². The van der Waals surface area contributed by atoms with Crippen molar-refractivity contribution in [1.29, 1.82) is 0 Å². The van der Waals surface area contributed by atoms with E-state index in [-0.39, 0.29) is 36.0 Å². The number of halogens is 3. The normalized spacial score (nSPS) is 18.1. The second-order valence-corrected chi connectivity index (χ2v) is 12.6. The molecule has 266 valence electrons. The van der Waals surface area contributed by atoms with Gasteiger partial charge in [0.15, 0.2) is 0 Å². The number of rotatable bonds is 6. The number of hydrogen-bond donors (Lipinski definition) is 2. The number of benzene rings is 2. The highest BCUT2D eigenvalue weighted by Crippen LogP contribution is 2.34. The summed E-state index contributed by atoms with van der Waals surface area (Å²) in [7, 11) is 6.89. The summed E-state index contributed by atoms with van der Waals surface area (Å²) in [5.74, 6) is -0.805. The summed E-state index contributed by atoms with van der Waals surface area (Å²) < 4.78 is 47.8. The Balaban J connectivity index is 0.000000289. The monoisotopic (exact) mass is 681 g/mol. The SMILES string of the molecule is COc1cc(C2CCN(C)C(=O)C2)ccc1CC(=O)OC(C)(C)C.COc1cc(C2CCN(C)C(=O)C2)ccc1N.O=C(O)C(F)(F)F. The van der Waals surface area contributed by atoms with E-state index in [1.165, 1.54) is 0 Å². The molecule has 11 nitrogen and oxygen atoms in total. The van der Waals surface area contributed by atoms with Crippen molar-refractivity contribution in [3.05, 3.63) is 53.1 Å². The third kappa shape index (κ3) is 12.3. The van der Waals surface area contributed by atoms with Crippen molar-refractivity contribution in [2.75, 3.05) is 47.1 Å². The van der Waals surface area contributed by atoms with Crippen molar-refractivity contribution in [3.8, 4) is 11.5 Å². The molecule has 2 amide bonds. The third-order valence-corrected chi connectivity index (χ3v) is 7.83. The van der Waals surface area contributed by atoms with Gasteiger partial charge in [0, 0.05) is 45.6 Å². The Morgan fingerprint density at radius 1 is 0.854 bits per heavy atom. The van der Waals surface area contributed by atoms with Crippen LogP contribution in [-0.2, 0) is 30.3 Å². The molecule has 2 aliphatic heterocycles. The Bertz CT molecular complexity index is 1440. The summed E-state index contributed by atoms with van der Waals surface area (Å²) in [5.41, 5.74) is 8.93. The van der Waals surface area contributed by atoms with Crippen molar-refractivity contribution in [2.45, 2.75) is 76.5 Å². The first-order valence-corrected chi connectivity index (χ1v) is 15.4. The minimum atomic E-state index is -5.08. The molecule has 2 unspecified atom stereocenters. The number of amides is 2. The summed E-state index contributed by atoms with van der Waals surface area (Å²) in [6.45, 7) is 7.13. The van der Waals surface area contributed by atoms with Crippen LogP contribution in [0, 0.1) is 0 Å². The van der Waals surface area contributed by atoms with Crippen LogP contribution >= 0.6 is 0 Å². The van der Waals surface area contributed by atoms with Gasteiger partial charge >= 0.3 is 18.1 Å². The van der Waals surface area contributed by atoms with Gasteiger partial charge in [0.25, 0.3) is 0 Å². The van der Waals surface area contributed by atoms with Gasteiger partial charge in [-0.3, -0.25) is 14.4 Å². The van der Waals surface area contributed by atoms with Gasteiger partial charge in [-0.1, -0.05) is 18.2 Å². The molecule has 2 fully saturated rings. The number of methoxy groups -OCH3 is 2. The molecule has 2 heterocycles. The predicted molar refractivity (Wildman–Crippen MR) is 173 cm³/mol. The maximum atomic E-state index is 12.0. The molecule has 14 heteroatoms. The summed E-state index contributed by atoms with van der Waals surface area (Å²) in [5, 5.41) is 7.12. The lowest BCUT2D eigenvalue weighted by Gasteiger charge is -2.29. The van der Waals surface area contributed by atoms with Crippen LogP contribution in [0.25, 0.3) is 0 Å². The number of esters is 1. The molecule has 0 spiro atoms. The number of nitrogen functional groups attached to an aromatic ring is 1. The standard InChI is InChI=1S/C19H27NO4.C13H18N2O2.C2HF3O2/c1-19(2,3)24-18(22)12-15-7-6-13(10-16(15)23-5)14-8-9-20(4)17(21)11-14;1-15-6-5-10(8-13(15)16)9-3-4-11(14)12(7-9)17-2;3-2(4,5)1(6)7/h6-7,10,14H,8-9,11-12H2,1-5H3;3-4,7,10H,5-6,8,14H2,1-2H3;(H,6,7). The topological polar surface area (TPSA) is 149 Å². The first-order valence-electron chi connectivity index (χ1n) is 15.4. The maximum absolute atomic E-state index is 12.0. The van der Waals surface area contributed by atoms with E-state index in [0.29, 0.717) is 30.0 Å². The molecule has 2 aliphatic rings. The van der Waals surface area contributed by atoms with Crippen LogP contribution in [0.3, 0.4) is 0 Å². The number of nitrogens with two attached hydrogens (primary N) is 1. The first-order chi connectivity index (χ1) is 22.2. The molecular formula is C34H46F3N3O8. The van der Waals surface area contributed by atoms with Crippen molar-refractivity contribution in [3.63, 3.8) is 0 Å². The van der Waals surface area contributed by atoms with Crippen LogP contribution in [0.1, 0.15) is 75.0 Å². The molecule has 48 heavy (non-hydrogen) atoms. The molecule has 2 aromatic carbocycles. The Hall–Kier alpha value is -4.49. The number of ether oxygens (including phenoxy) is 3. The average molecular weight is 682 g/mol. The second kappa shape index (κ2) is 17.1. The Kier molecular flexibility index (Phi) is 14.1. The quantitative estimate of drug-likeness (QED) is 0.312. The fourth-order valence-corrected chi connectivity index (χ4v) is 5.13. The Labute approximate surface area is 279 Å². The van der Waals surface area contributed by atoms with E-state index in [9.17, 15) is 27.6 Å². The van der Waals surface area contributed by atoms with Crippen LogP contribution in [0.2, 0.25) is 0 Å². The van der Waals surface area contributed by atoms with Crippen molar-refractivity contribution >= 4 is 29.4 Å². The molecule has 0 bridgehead atoms. The number of aliphatic carboxylic acids is 1. The first kappa shape index (κ1) is 39.7. The van der Waals surface area contributed by atoms with E-state index in [1.807, 2.05) is 71.3 Å². The second-order valence-electron chi connectivity index (χ2n) is 12.6. The number of anilines is 1. The summed E-state index contributed by atoms with van der Waals surface area (Å²) in [4.78, 5) is 48.1. The zero-order chi connectivity index (χ0) is 36.4. The number of hydrogen-bond acceptors (Lipinski definition) is 8. The largest absolute Gasteiger partial charge is 0.496 e. The van der Waals surface area contributed by atoms with Gasteiger partial charge in [0.1, 0.15) is 17.1 Å². The number of carboxylic acid groups (broad SMARTS) is 1. The number of likely N-dealkylation sites (tertiary alicyclic amines) is 2. The Morgan fingerprint density at radius 3 is 1.69 bits per heavy atom. The highest BCUT2D eigenvalue weighted by molar-refractivity contribution is 5.78. The van der Waals surface area contributed by atoms with Crippen molar-refractivity contribution < 1.29 is 51.7 Å². The molecule has 2 atom stereocenters. The van der Waals surface area contributed by atoms with Crippen molar-refractivity contribution in [1.82, 2.24) is 9.80 Å². The van der Waals surface area contributed by atoms with E-state index in [1.54, 1.807) is 24.0 Å². The number of carboxylic acids is 1. The number of carbonyl (C=O) groups is 4. The van der Waals surface area contributed by atoms with Gasteiger partial charge in [0.05, 0.1) is 26.3 Å². The third-order valence-electron chi connectivity index (χ3n) is 7.83. The minimum Gasteiger partial charge on any atom is -0.496 e. The maximum Gasteiger partial charge on any atom is 0.490 e. The lowest BCUT2D eigenvalue weighted by Crippen LogP contribution is -2.34. The predicted octanol–water partition coefficient (Wildman–Crippen LogP) is 5.16. The smallest absolute Gasteiger partial charge is 0.490 e. The highest BCUT2D eigenvalue weighted by atomic mass is 19.4. The molecular weight excluding hydrogens is 635 g/mol. The van der Waals surface area contributed by atoms with Gasteiger partial charge in [-0.15, -0.1) is 0 Å². The zero-order valence-electron chi connectivity index (χ0n) is 28.5. The lowest BCUT2D eigenvalue weighted by molar-refractivity contribution is -0.192. The lowest BCUT2D eigenvalue weighted by atomic mass is 9.88. The Morgan fingerprint density at radius 2 is 1.29 bits per heavy atom. The van der Waals surface area contributed by atoms with Crippen LogP contribution in [0.4, 0.5) is 18.9 Å². The van der Waals surface area contributed by atoms with Gasteiger partial charge in [-0.2, -0.15) is 13.2 Å². The van der Waals surface area contributed by atoms with Crippen LogP contribution < -0.4 is 15.2 Å². The fraction of sp³-hybridized carbons (Fsp3) is 0.529. The fourth-order valence-electron chi connectivity index (χ4n) is 5.13. The van der Waals surface area contributed by atoms with Crippen LogP contribution in [0.15, 0.2) is 36.4 Å². The van der Waals surface area contributed by atoms with Crippen LogP contribution in [-0.4, -0.2) is 91.8 Å². The number of alkyl halides is 3. The molecule has 0 saturated carbocycles. The van der Waals surface area contributed by atoms with E-state index in [0.717, 1.165) is 42.6 Å². The number of piperidine rings is 2. The molecule has 0 aromatic heterocycles. The minimum absolute atomic E-state index is 0.169. The average Bonchev–Trinajstić information content (AvgIpc) is 2.99. The van der Waals surface area contributed by atoms with Gasteiger partial charge in [-0.05, 0) is 74.8 Å². The van der Waals surface area contributed by atoms with Gasteiger partial charge in [0.2, 0.25) is 11.8 Å². The van der Waals surface area contributed by atoms with Crippen molar-refractivity contribution in [2.24, 2.45) is 0 Å². The molecule has 3 N–H and O–H groups in total. The van der Waals surface area contributed by atoms with E-state index < -0.39 is 17.7 Å². The van der Waals surface area contributed by atoms with Crippen LogP contribution in [0.5, 0.6) is 11.5 Å². The van der Waals surface area contributed by atoms with E-state index >= 15 is 0 Å². The number of nitrogens with zero attached hydrogens (tertiary/aromatic N) is 2. The zero-order valence-corrected chi connectivity index (χ0v) is 28.5. The molecule has 4 rings (SSSR count). The molecule has 0 aliphatic carbocycles. The molecule has 2 saturated heterocycles. The summed E-state index contributed by atoms with van der Waals surface area (Å²) >= 11 is 0. The van der Waals surface area contributed by atoms with Gasteiger partial charge < -0.3 is 34.9 Å². The highest BCUT2D eigenvalue weighted by Gasteiger charge is 2.38. The summed E-state index contributed by atoms with van der Waals surface area (Å²) in [6, 6.07) is 11.6. The van der Waals surface area contributed by atoms with Gasteiger partial charge in [-0.25, -0.2) is 4.79 Å². The number of carbonyl (C=O) groups excluding carboxylic acids is 3. The molecule has 0 radical (unpaired) electrons.